The molecule has 2 heterocycles. The van der Waals surface area contributed by atoms with Crippen molar-refractivity contribution in [2.75, 3.05) is 26.2 Å². The maximum Gasteiger partial charge on any atom is 0.271 e. The molecular weight excluding hydrogens is 392 g/mol. The molecule has 0 radical (unpaired) electrons. The summed E-state index contributed by atoms with van der Waals surface area (Å²) in [6, 6.07) is 15.0. The van der Waals surface area contributed by atoms with E-state index in [-0.39, 0.29) is 11.6 Å². The van der Waals surface area contributed by atoms with E-state index in [1.165, 1.54) is 31.7 Å². The van der Waals surface area contributed by atoms with Crippen LogP contribution in [0.5, 0.6) is 0 Å². The first kappa shape index (κ1) is 19.8. The third-order valence-electron chi connectivity index (χ3n) is 6.71. The molecular formula is C24H26N4O3. The fourth-order valence-corrected chi connectivity index (χ4v) is 5.08. The van der Waals surface area contributed by atoms with E-state index in [9.17, 15) is 14.9 Å². The molecule has 0 bridgehead atoms. The van der Waals surface area contributed by atoms with Gasteiger partial charge >= 0.3 is 0 Å². The Balaban J connectivity index is 1.49. The molecule has 2 fully saturated rings. The van der Waals surface area contributed by atoms with E-state index in [0.717, 1.165) is 29.7 Å². The lowest BCUT2D eigenvalue weighted by Gasteiger charge is -2.38. The number of carbonyl (C=O) groups is 1. The van der Waals surface area contributed by atoms with E-state index in [1.807, 2.05) is 35.2 Å². The van der Waals surface area contributed by atoms with Crippen molar-refractivity contribution >= 4 is 22.5 Å². The van der Waals surface area contributed by atoms with Gasteiger partial charge in [-0.15, -0.1) is 0 Å². The predicted octanol–water partition coefficient (Wildman–Crippen LogP) is 4.44. The minimum absolute atomic E-state index is 0.0212. The van der Waals surface area contributed by atoms with Gasteiger partial charge in [0, 0.05) is 60.8 Å². The number of nitro benzene ring substituents is 1. The Morgan fingerprint density at radius 3 is 2.39 bits per heavy atom. The number of aromatic nitrogens is 1. The van der Waals surface area contributed by atoms with E-state index < -0.39 is 4.92 Å². The lowest BCUT2D eigenvalue weighted by atomic mass is 10.0. The zero-order valence-electron chi connectivity index (χ0n) is 17.4. The van der Waals surface area contributed by atoms with Gasteiger partial charge in [-0.3, -0.25) is 19.8 Å². The summed E-state index contributed by atoms with van der Waals surface area (Å²) in [5.41, 5.74) is 2.88. The first-order valence-electron chi connectivity index (χ1n) is 11.0. The van der Waals surface area contributed by atoms with Crippen LogP contribution >= 0.6 is 0 Å². The maximum atomic E-state index is 13.6. The van der Waals surface area contributed by atoms with E-state index in [2.05, 4.69) is 9.88 Å². The second-order valence-corrected chi connectivity index (χ2v) is 8.49. The summed E-state index contributed by atoms with van der Waals surface area (Å²) in [6.45, 7) is 3.23. The number of non-ortho nitro benzene ring substituents is 1. The standard InChI is InChI=1S/C24H26N4O3/c29-24(27-14-12-26(13-15-27)18-8-4-5-9-18)23-22(17-6-2-1-3-7-17)20-16-19(28(30)31)10-11-21(20)25-23/h1-3,6-7,10-11,16,18,25H,4-5,8-9,12-15H2. The van der Waals surface area contributed by atoms with Crippen LogP contribution in [0.15, 0.2) is 48.5 Å². The highest BCUT2D eigenvalue weighted by atomic mass is 16.6. The van der Waals surface area contributed by atoms with Crippen LogP contribution in [-0.2, 0) is 0 Å². The summed E-state index contributed by atoms with van der Waals surface area (Å²) < 4.78 is 0. The van der Waals surface area contributed by atoms with Gasteiger partial charge < -0.3 is 9.88 Å². The lowest BCUT2D eigenvalue weighted by molar-refractivity contribution is -0.384. The molecule has 2 aliphatic rings. The minimum atomic E-state index is -0.398. The SMILES string of the molecule is O=C(c1[nH]c2ccc([N+](=O)[O-])cc2c1-c1ccccc1)N1CCN(C2CCCC2)CC1. The van der Waals surface area contributed by atoms with Crippen LogP contribution in [0.2, 0.25) is 0 Å². The van der Waals surface area contributed by atoms with Crippen molar-refractivity contribution in [3.8, 4) is 11.1 Å². The Morgan fingerprint density at radius 2 is 1.71 bits per heavy atom. The summed E-state index contributed by atoms with van der Waals surface area (Å²) in [6.07, 6.45) is 5.16. The van der Waals surface area contributed by atoms with Crippen LogP contribution in [-0.4, -0.2) is 57.8 Å². The number of carbonyl (C=O) groups excluding carboxylic acids is 1. The lowest BCUT2D eigenvalue weighted by Crippen LogP contribution is -2.51. The van der Waals surface area contributed by atoms with E-state index in [4.69, 9.17) is 0 Å². The molecule has 1 N–H and O–H groups in total. The number of H-pyrrole nitrogens is 1. The molecule has 1 saturated carbocycles. The van der Waals surface area contributed by atoms with E-state index in [1.54, 1.807) is 12.1 Å². The Labute approximate surface area is 180 Å². The molecule has 0 spiro atoms. The van der Waals surface area contributed by atoms with Crippen molar-refractivity contribution in [3.05, 3.63) is 64.3 Å². The summed E-state index contributed by atoms with van der Waals surface area (Å²) in [7, 11) is 0. The highest BCUT2D eigenvalue weighted by Gasteiger charge is 2.30. The molecule has 1 aromatic heterocycles. The largest absolute Gasteiger partial charge is 0.350 e. The van der Waals surface area contributed by atoms with Gasteiger partial charge in [0.15, 0.2) is 0 Å². The smallest absolute Gasteiger partial charge is 0.271 e. The third-order valence-corrected chi connectivity index (χ3v) is 6.71. The van der Waals surface area contributed by atoms with Crippen LogP contribution in [0.3, 0.4) is 0 Å². The van der Waals surface area contributed by atoms with Crippen LogP contribution < -0.4 is 0 Å². The van der Waals surface area contributed by atoms with Gasteiger partial charge in [-0.1, -0.05) is 43.2 Å². The zero-order chi connectivity index (χ0) is 21.4. The minimum Gasteiger partial charge on any atom is -0.350 e. The number of fused-ring (bicyclic) bond motifs is 1. The molecule has 1 amide bonds. The van der Waals surface area contributed by atoms with Gasteiger partial charge in [0.2, 0.25) is 0 Å². The summed E-state index contributed by atoms with van der Waals surface area (Å²) in [5.74, 6) is -0.0382. The fourth-order valence-electron chi connectivity index (χ4n) is 5.08. The Hall–Kier alpha value is -3.19. The van der Waals surface area contributed by atoms with Gasteiger partial charge in [-0.05, 0) is 24.5 Å². The molecule has 5 rings (SSSR count). The molecule has 0 atom stereocenters. The number of benzene rings is 2. The van der Waals surface area contributed by atoms with Gasteiger partial charge in [-0.25, -0.2) is 0 Å². The van der Waals surface area contributed by atoms with Crippen molar-refractivity contribution < 1.29 is 9.72 Å². The van der Waals surface area contributed by atoms with Crippen molar-refractivity contribution in [2.24, 2.45) is 0 Å². The molecule has 1 aliphatic heterocycles. The van der Waals surface area contributed by atoms with Crippen molar-refractivity contribution in [2.45, 2.75) is 31.7 Å². The van der Waals surface area contributed by atoms with Crippen LogP contribution in [0, 0.1) is 10.1 Å². The number of rotatable bonds is 4. The molecule has 2 aromatic carbocycles. The second kappa shape index (κ2) is 8.15. The average molecular weight is 418 g/mol. The third kappa shape index (κ3) is 3.70. The monoisotopic (exact) mass is 418 g/mol. The highest BCUT2D eigenvalue weighted by molar-refractivity contribution is 6.10. The molecule has 1 saturated heterocycles. The molecule has 31 heavy (non-hydrogen) atoms. The maximum absolute atomic E-state index is 13.6. The number of hydrogen-bond donors (Lipinski definition) is 1. The zero-order valence-corrected chi connectivity index (χ0v) is 17.4. The van der Waals surface area contributed by atoms with Gasteiger partial charge in [-0.2, -0.15) is 0 Å². The quantitative estimate of drug-likeness (QED) is 0.501. The number of nitro groups is 1. The van der Waals surface area contributed by atoms with E-state index in [0.29, 0.717) is 30.2 Å². The van der Waals surface area contributed by atoms with Crippen molar-refractivity contribution in [1.29, 1.82) is 0 Å². The number of piperazine rings is 1. The Bertz CT molecular complexity index is 1110. The predicted molar refractivity (Wildman–Crippen MR) is 120 cm³/mol. The van der Waals surface area contributed by atoms with Gasteiger partial charge in [0.1, 0.15) is 5.69 Å². The Kier molecular flexibility index (Phi) is 5.19. The Morgan fingerprint density at radius 1 is 1.00 bits per heavy atom. The van der Waals surface area contributed by atoms with E-state index >= 15 is 0 Å². The molecule has 1 aliphatic carbocycles. The number of nitrogens with zero attached hydrogens (tertiary/aromatic N) is 3. The van der Waals surface area contributed by atoms with Gasteiger partial charge in [0.25, 0.3) is 11.6 Å². The molecule has 160 valence electrons. The number of hydrogen-bond acceptors (Lipinski definition) is 4. The molecule has 3 aromatic rings. The fraction of sp³-hybridized carbons (Fsp3) is 0.375. The van der Waals surface area contributed by atoms with Crippen LogP contribution in [0.25, 0.3) is 22.0 Å². The number of amides is 1. The normalized spacial score (nSPS) is 18.0. The van der Waals surface area contributed by atoms with Crippen molar-refractivity contribution in [1.82, 2.24) is 14.8 Å². The first-order chi connectivity index (χ1) is 15.1. The van der Waals surface area contributed by atoms with Crippen LogP contribution in [0.4, 0.5) is 5.69 Å². The van der Waals surface area contributed by atoms with Crippen LogP contribution in [0.1, 0.15) is 36.2 Å². The molecule has 0 unspecified atom stereocenters. The molecule has 7 heteroatoms. The number of nitrogens with one attached hydrogen (secondary N) is 1. The average Bonchev–Trinajstić information content (AvgIpc) is 3.47. The van der Waals surface area contributed by atoms with Crippen molar-refractivity contribution in [3.63, 3.8) is 0 Å². The summed E-state index contributed by atoms with van der Waals surface area (Å²) in [5, 5.41) is 12.0. The van der Waals surface area contributed by atoms with Gasteiger partial charge in [0.05, 0.1) is 4.92 Å². The summed E-state index contributed by atoms with van der Waals surface area (Å²) >= 11 is 0. The second-order valence-electron chi connectivity index (χ2n) is 8.49. The highest BCUT2D eigenvalue weighted by Crippen LogP contribution is 2.35. The number of aromatic amines is 1. The first-order valence-corrected chi connectivity index (χ1v) is 11.0. The molecule has 7 nitrogen and oxygen atoms in total. The topological polar surface area (TPSA) is 82.5 Å². The summed E-state index contributed by atoms with van der Waals surface area (Å²) in [4.78, 5) is 32.2.